The fourth-order valence-electron chi connectivity index (χ4n) is 2.93. The molecule has 0 fully saturated rings. The Morgan fingerprint density at radius 1 is 1.00 bits per heavy atom. The number of aliphatic hydroxyl groups is 1. The molecule has 2 heterocycles. The Balaban J connectivity index is 1.85. The van der Waals surface area contributed by atoms with Gasteiger partial charge in [0.25, 0.3) is 0 Å². The highest BCUT2D eigenvalue weighted by Gasteiger charge is 2.48. The number of benzene rings is 2. The molecule has 3 heteroatoms. The summed E-state index contributed by atoms with van der Waals surface area (Å²) in [6, 6.07) is 15.6. The third-order valence-electron chi connectivity index (χ3n) is 3.88. The minimum atomic E-state index is -0.983. The predicted octanol–water partition coefficient (Wildman–Crippen LogP) is 2.49. The molecule has 2 aromatic carbocycles. The van der Waals surface area contributed by atoms with Crippen LogP contribution in [-0.2, 0) is 6.42 Å². The zero-order chi connectivity index (χ0) is 12.9. The van der Waals surface area contributed by atoms with Crippen molar-refractivity contribution >= 4 is 0 Å². The normalized spacial score (nSPS) is 27.3. The summed E-state index contributed by atoms with van der Waals surface area (Å²) in [5, 5.41) is 10.8. The summed E-state index contributed by atoms with van der Waals surface area (Å²) in [5.74, 6) is 1.66. The van der Waals surface area contributed by atoms with Gasteiger partial charge in [-0.3, -0.25) is 0 Å². The molecule has 2 aliphatic rings. The Bertz CT molecular complexity index is 637. The lowest BCUT2D eigenvalue weighted by Crippen LogP contribution is -2.51. The second-order valence-electron chi connectivity index (χ2n) is 5.21. The maximum Gasteiger partial charge on any atom is 0.160 e. The topological polar surface area (TPSA) is 38.7 Å². The molecular formula is C16H14O3. The average Bonchev–Trinajstić information content (AvgIpc) is 2.45. The van der Waals surface area contributed by atoms with Crippen molar-refractivity contribution < 1.29 is 14.6 Å². The fraction of sp³-hybridized carbons (Fsp3) is 0.250. The van der Waals surface area contributed by atoms with Crippen LogP contribution in [-0.4, -0.2) is 17.3 Å². The van der Waals surface area contributed by atoms with Crippen molar-refractivity contribution in [3.63, 3.8) is 0 Å². The van der Waals surface area contributed by atoms with Crippen LogP contribution in [0.5, 0.6) is 11.5 Å². The van der Waals surface area contributed by atoms with E-state index >= 15 is 0 Å². The molecule has 96 valence electrons. The van der Waals surface area contributed by atoms with Crippen molar-refractivity contribution in [2.24, 2.45) is 0 Å². The van der Waals surface area contributed by atoms with Gasteiger partial charge >= 0.3 is 0 Å². The first-order valence-electron chi connectivity index (χ1n) is 6.45. The van der Waals surface area contributed by atoms with E-state index in [1.165, 1.54) is 0 Å². The highest BCUT2D eigenvalue weighted by Crippen LogP contribution is 2.46. The van der Waals surface area contributed by atoms with E-state index in [9.17, 15) is 5.11 Å². The molecule has 1 N–H and O–H groups in total. The number of hydrogen-bond donors (Lipinski definition) is 1. The second-order valence-corrected chi connectivity index (χ2v) is 5.21. The van der Waals surface area contributed by atoms with Crippen LogP contribution >= 0.6 is 0 Å². The molecule has 0 aliphatic carbocycles. The van der Waals surface area contributed by atoms with E-state index in [4.69, 9.17) is 9.47 Å². The van der Waals surface area contributed by atoms with Gasteiger partial charge in [0.1, 0.15) is 23.7 Å². The van der Waals surface area contributed by atoms with Crippen molar-refractivity contribution in [2.75, 3.05) is 6.61 Å². The zero-order valence-electron chi connectivity index (χ0n) is 10.4. The van der Waals surface area contributed by atoms with Gasteiger partial charge < -0.3 is 14.6 Å². The monoisotopic (exact) mass is 254 g/mol. The highest BCUT2D eigenvalue weighted by atomic mass is 16.5. The number of hydrogen-bond acceptors (Lipinski definition) is 3. The van der Waals surface area contributed by atoms with Gasteiger partial charge in [-0.1, -0.05) is 36.4 Å². The molecule has 0 spiro atoms. The van der Waals surface area contributed by atoms with E-state index in [1.54, 1.807) is 0 Å². The Morgan fingerprint density at radius 3 is 2.63 bits per heavy atom. The van der Waals surface area contributed by atoms with Gasteiger partial charge in [0.15, 0.2) is 6.10 Å². The van der Waals surface area contributed by atoms with E-state index in [2.05, 4.69) is 0 Å². The van der Waals surface area contributed by atoms with E-state index in [0.717, 1.165) is 22.6 Å². The van der Waals surface area contributed by atoms with Crippen LogP contribution in [0.4, 0.5) is 0 Å². The molecule has 0 saturated heterocycles. The van der Waals surface area contributed by atoms with Gasteiger partial charge in [-0.15, -0.1) is 0 Å². The van der Waals surface area contributed by atoms with Crippen molar-refractivity contribution in [3.8, 4) is 11.5 Å². The van der Waals surface area contributed by atoms with Gasteiger partial charge in [-0.05, 0) is 17.7 Å². The summed E-state index contributed by atoms with van der Waals surface area (Å²) >= 11 is 0. The summed E-state index contributed by atoms with van der Waals surface area (Å²) in [7, 11) is 0. The molecule has 2 aliphatic heterocycles. The second kappa shape index (κ2) is 3.75. The lowest BCUT2D eigenvalue weighted by Gasteiger charge is -2.44. The summed E-state index contributed by atoms with van der Waals surface area (Å²) < 4.78 is 11.7. The maximum absolute atomic E-state index is 10.8. The van der Waals surface area contributed by atoms with E-state index in [1.807, 2.05) is 48.5 Å². The Kier molecular flexibility index (Phi) is 2.15. The van der Waals surface area contributed by atoms with Gasteiger partial charge in [0, 0.05) is 12.0 Å². The lowest BCUT2D eigenvalue weighted by molar-refractivity contribution is -0.113. The molecule has 2 atom stereocenters. The average molecular weight is 254 g/mol. The van der Waals surface area contributed by atoms with Crippen molar-refractivity contribution in [2.45, 2.75) is 18.1 Å². The molecule has 0 amide bonds. The number of rotatable bonds is 0. The third-order valence-corrected chi connectivity index (χ3v) is 3.88. The third kappa shape index (κ3) is 1.55. The van der Waals surface area contributed by atoms with Crippen molar-refractivity contribution in [3.05, 3.63) is 59.7 Å². The quantitative estimate of drug-likeness (QED) is 0.785. The minimum absolute atomic E-state index is 0.267. The molecule has 2 aromatic rings. The van der Waals surface area contributed by atoms with Gasteiger partial charge in [-0.25, -0.2) is 0 Å². The molecule has 0 bridgehead atoms. The Morgan fingerprint density at radius 2 is 1.74 bits per heavy atom. The maximum atomic E-state index is 10.8. The molecule has 0 aromatic heterocycles. The first kappa shape index (κ1) is 10.9. The van der Waals surface area contributed by atoms with E-state index in [-0.39, 0.29) is 12.7 Å². The first-order valence-corrected chi connectivity index (χ1v) is 6.45. The minimum Gasteiger partial charge on any atom is -0.490 e. The molecule has 0 saturated carbocycles. The Hall–Kier alpha value is -2.00. The van der Waals surface area contributed by atoms with Crippen LogP contribution in [0.1, 0.15) is 17.2 Å². The summed E-state index contributed by atoms with van der Waals surface area (Å²) in [6.45, 7) is 0.267. The van der Waals surface area contributed by atoms with E-state index < -0.39 is 5.60 Å². The molecule has 0 radical (unpaired) electrons. The van der Waals surface area contributed by atoms with Gasteiger partial charge in [0.05, 0.1) is 0 Å². The van der Waals surface area contributed by atoms with Crippen molar-refractivity contribution in [1.82, 2.24) is 0 Å². The van der Waals surface area contributed by atoms with Crippen LogP contribution in [0.25, 0.3) is 0 Å². The first-order chi connectivity index (χ1) is 9.26. The summed E-state index contributed by atoms with van der Waals surface area (Å²) in [5.41, 5.74) is 0.970. The van der Waals surface area contributed by atoms with Crippen LogP contribution in [0.15, 0.2) is 48.5 Å². The lowest BCUT2D eigenvalue weighted by atomic mass is 9.81. The van der Waals surface area contributed by atoms with Crippen molar-refractivity contribution in [1.29, 1.82) is 0 Å². The van der Waals surface area contributed by atoms with Gasteiger partial charge in [0.2, 0.25) is 0 Å². The number of fused-ring (bicyclic) bond motifs is 4. The smallest absolute Gasteiger partial charge is 0.160 e. The summed E-state index contributed by atoms with van der Waals surface area (Å²) in [6.07, 6.45) is 0.203. The molecule has 0 unspecified atom stereocenters. The largest absolute Gasteiger partial charge is 0.490 e. The highest BCUT2D eigenvalue weighted by molar-refractivity contribution is 5.45. The molecule has 4 rings (SSSR count). The number of para-hydroxylation sites is 2. The van der Waals surface area contributed by atoms with Crippen LogP contribution in [0.2, 0.25) is 0 Å². The standard InChI is InChI=1S/C16H14O3/c17-16-9-11-5-1-3-7-13(11)19-15(16)12-6-2-4-8-14(12)18-10-16/h1-8,15,17H,9-10H2/t15-,16-/m0/s1. The molecular weight excluding hydrogens is 240 g/mol. The molecule has 19 heavy (non-hydrogen) atoms. The fourth-order valence-corrected chi connectivity index (χ4v) is 2.93. The number of ether oxygens (including phenoxy) is 2. The Labute approximate surface area is 111 Å². The van der Waals surface area contributed by atoms with Crippen LogP contribution in [0.3, 0.4) is 0 Å². The SMILES string of the molecule is O[C@@]12COc3ccccc3[C@@H]1Oc1ccccc1C2. The van der Waals surface area contributed by atoms with Crippen LogP contribution in [0, 0.1) is 0 Å². The zero-order valence-corrected chi connectivity index (χ0v) is 10.4. The van der Waals surface area contributed by atoms with Crippen LogP contribution < -0.4 is 9.47 Å². The van der Waals surface area contributed by atoms with Gasteiger partial charge in [-0.2, -0.15) is 0 Å². The van der Waals surface area contributed by atoms with E-state index in [0.29, 0.717) is 6.42 Å². The summed E-state index contributed by atoms with van der Waals surface area (Å²) in [4.78, 5) is 0. The molecule has 3 nitrogen and oxygen atoms in total. The predicted molar refractivity (Wildman–Crippen MR) is 70.4 cm³/mol.